The molecule has 1 nitrogen and oxygen atoms in total. The molecular weight excluding hydrogens is 147 g/mol. The molecule has 1 rings (SSSR count). The van der Waals surface area contributed by atoms with E-state index in [1.54, 1.807) is 7.85 Å². The Morgan fingerprint density at radius 1 is 1.33 bits per heavy atom. The number of aryl methyl sites for hydroxylation is 2. The van der Waals surface area contributed by atoms with Crippen molar-refractivity contribution >= 4 is 13.5 Å². The molecule has 62 valence electrons. The third-order valence-electron chi connectivity index (χ3n) is 1.89. The van der Waals surface area contributed by atoms with Crippen molar-refractivity contribution < 1.29 is 4.79 Å². The standard InChI is InChI=1S/C10H13BO/c1-8-2-4-9(5-3-8)6-7-10(11)12/h2-5H,6-7,11H2,1H3. The maximum atomic E-state index is 10.7. The zero-order valence-electron chi connectivity index (χ0n) is 7.63. The van der Waals surface area contributed by atoms with Gasteiger partial charge in [0.05, 0.1) is 5.68 Å². The SMILES string of the molecule is BC(=O)CCc1ccc(C)cc1. The van der Waals surface area contributed by atoms with Crippen LogP contribution in [0.5, 0.6) is 0 Å². The largest absolute Gasteiger partial charge is 0.312 e. The molecule has 0 aliphatic rings. The van der Waals surface area contributed by atoms with E-state index in [1.807, 2.05) is 0 Å². The van der Waals surface area contributed by atoms with Crippen LogP contribution in [0.15, 0.2) is 24.3 Å². The first kappa shape index (κ1) is 9.05. The monoisotopic (exact) mass is 160 g/mol. The zero-order chi connectivity index (χ0) is 8.97. The first-order valence-corrected chi connectivity index (χ1v) is 4.23. The van der Waals surface area contributed by atoms with Crippen molar-refractivity contribution in [2.24, 2.45) is 0 Å². The fourth-order valence-corrected chi connectivity index (χ4v) is 1.08. The summed E-state index contributed by atoms with van der Waals surface area (Å²) in [6, 6.07) is 8.32. The molecule has 0 saturated heterocycles. The molecule has 0 N–H and O–H groups in total. The number of rotatable bonds is 3. The molecule has 1 aromatic rings. The predicted molar refractivity (Wildman–Crippen MR) is 53.1 cm³/mol. The molecule has 0 aromatic heterocycles. The van der Waals surface area contributed by atoms with E-state index in [1.165, 1.54) is 11.1 Å². The van der Waals surface area contributed by atoms with Gasteiger partial charge in [-0.25, -0.2) is 0 Å². The van der Waals surface area contributed by atoms with E-state index >= 15 is 0 Å². The minimum atomic E-state index is 0.260. The molecule has 1 aromatic carbocycles. The predicted octanol–water partition coefficient (Wildman–Crippen LogP) is 1.09. The zero-order valence-corrected chi connectivity index (χ0v) is 7.63. The number of carbonyl (C=O) groups excluding carboxylic acids is 1. The molecule has 0 aliphatic heterocycles. The van der Waals surface area contributed by atoms with Gasteiger partial charge in [-0.1, -0.05) is 29.8 Å². The summed E-state index contributed by atoms with van der Waals surface area (Å²) >= 11 is 0. The van der Waals surface area contributed by atoms with Gasteiger partial charge in [0.1, 0.15) is 0 Å². The van der Waals surface area contributed by atoms with E-state index in [-0.39, 0.29) is 5.68 Å². The number of benzene rings is 1. The summed E-state index contributed by atoms with van der Waals surface area (Å²) in [7, 11) is 1.63. The Kier molecular flexibility index (Phi) is 3.09. The van der Waals surface area contributed by atoms with Gasteiger partial charge < -0.3 is 4.79 Å². The van der Waals surface area contributed by atoms with Crippen LogP contribution in [-0.4, -0.2) is 13.5 Å². The van der Waals surface area contributed by atoms with Gasteiger partial charge in [0, 0.05) is 0 Å². The summed E-state index contributed by atoms with van der Waals surface area (Å²) in [5.41, 5.74) is 2.77. The van der Waals surface area contributed by atoms with Crippen LogP contribution in [0.3, 0.4) is 0 Å². The van der Waals surface area contributed by atoms with Crippen LogP contribution in [0, 0.1) is 6.92 Å². The number of hydrogen-bond acceptors (Lipinski definition) is 1. The van der Waals surface area contributed by atoms with E-state index in [2.05, 4.69) is 31.2 Å². The maximum absolute atomic E-state index is 10.7. The lowest BCUT2D eigenvalue weighted by Crippen LogP contribution is -1.98. The minimum absolute atomic E-state index is 0.260. The smallest absolute Gasteiger partial charge is 0.187 e. The highest BCUT2D eigenvalue weighted by molar-refractivity contribution is 6.57. The van der Waals surface area contributed by atoms with Gasteiger partial charge in [0.25, 0.3) is 0 Å². The van der Waals surface area contributed by atoms with Crippen LogP contribution in [0.4, 0.5) is 0 Å². The van der Waals surface area contributed by atoms with Gasteiger partial charge in [-0.05, 0) is 25.3 Å². The summed E-state index contributed by atoms with van der Waals surface area (Å²) in [6.07, 6.45) is 1.53. The van der Waals surface area contributed by atoms with Gasteiger partial charge in [0.15, 0.2) is 7.85 Å². The van der Waals surface area contributed by atoms with Gasteiger partial charge in [0.2, 0.25) is 0 Å². The topological polar surface area (TPSA) is 17.1 Å². The van der Waals surface area contributed by atoms with Crippen molar-refractivity contribution in [3.05, 3.63) is 35.4 Å². The molecule has 0 bridgehead atoms. The second kappa shape index (κ2) is 4.10. The first-order chi connectivity index (χ1) is 5.68. The fraction of sp³-hybridized carbons (Fsp3) is 0.300. The third kappa shape index (κ3) is 2.91. The molecule has 0 aliphatic carbocycles. The van der Waals surface area contributed by atoms with Crippen molar-refractivity contribution in [1.29, 1.82) is 0 Å². The van der Waals surface area contributed by atoms with Crippen molar-refractivity contribution in [1.82, 2.24) is 0 Å². The summed E-state index contributed by atoms with van der Waals surface area (Å²) in [5, 5.41) is 0. The molecule has 0 amide bonds. The lowest BCUT2D eigenvalue weighted by Gasteiger charge is -1.98. The quantitative estimate of drug-likeness (QED) is 0.604. The summed E-state index contributed by atoms with van der Waals surface area (Å²) < 4.78 is 0. The minimum Gasteiger partial charge on any atom is -0.312 e. The number of hydrogen-bond donors (Lipinski definition) is 0. The Labute approximate surface area is 74.2 Å². The maximum Gasteiger partial charge on any atom is 0.187 e. The lowest BCUT2D eigenvalue weighted by molar-refractivity contribution is -0.111. The Morgan fingerprint density at radius 2 is 1.92 bits per heavy atom. The Morgan fingerprint density at radius 3 is 2.42 bits per heavy atom. The summed E-state index contributed by atoms with van der Waals surface area (Å²) in [4.78, 5) is 10.7. The van der Waals surface area contributed by atoms with E-state index in [0.29, 0.717) is 6.42 Å². The van der Waals surface area contributed by atoms with E-state index in [4.69, 9.17) is 0 Å². The molecular formula is C10H13BO. The fourth-order valence-electron chi connectivity index (χ4n) is 1.08. The van der Waals surface area contributed by atoms with Crippen molar-refractivity contribution in [2.45, 2.75) is 19.8 Å². The van der Waals surface area contributed by atoms with Crippen molar-refractivity contribution in [3.63, 3.8) is 0 Å². The van der Waals surface area contributed by atoms with Gasteiger partial charge in [-0.3, -0.25) is 0 Å². The van der Waals surface area contributed by atoms with Crippen LogP contribution < -0.4 is 0 Å². The van der Waals surface area contributed by atoms with Crippen LogP contribution >= 0.6 is 0 Å². The second-order valence-electron chi connectivity index (χ2n) is 3.19. The first-order valence-electron chi connectivity index (χ1n) is 4.23. The highest BCUT2D eigenvalue weighted by Gasteiger charge is 1.95. The molecule has 0 unspecified atom stereocenters. The molecule has 12 heavy (non-hydrogen) atoms. The second-order valence-corrected chi connectivity index (χ2v) is 3.19. The van der Waals surface area contributed by atoms with Crippen molar-refractivity contribution in [3.8, 4) is 0 Å². The average Bonchev–Trinajstić information content (AvgIpc) is 2.03. The molecule has 0 atom stereocenters. The lowest BCUT2D eigenvalue weighted by atomic mass is 9.95. The van der Waals surface area contributed by atoms with Crippen LogP contribution in [0.25, 0.3) is 0 Å². The van der Waals surface area contributed by atoms with Crippen LogP contribution in [0.1, 0.15) is 17.5 Å². The molecule has 0 saturated carbocycles. The Balaban J connectivity index is 2.53. The Bertz CT molecular complexity index is 264. The summed E-state index contributed by atoms with van der Waals surface area (Å²) in [6.45, 7) is 2.06. The Hall–Kier alpha value is -1.05. The summed E-state index contributed by atoms with van der Waals surface area (Å²) in [5.74, 6) is 0. The van der Waals surface area contributed by atoms with Crippen LogP contribution in [-0.2, 0) is 11.2 Å². The molecule has 0 fully saturated rings. The van der Waals surface area contributed by atoms with Gasteiger partial charge >= 0.3 is 0 Å². The number of carbonyl (C=O) groups is 1. The van der Waals surface area contributed by atoms with E-state index in [0.717, 1.165) is 6.42 Å². The molecule has 0 radical (unpaired) electrons. The van der Waals surface area contributed by atoms with E-state index < -0.39 is 0 Å². The van der Waals surface area contributed by atoms with Crippen LogP contribution in [0.2, 0.25) is 0 Å². The highest BCUT2D eigenvalue weighted by Crippen LogP contribution is 2.05. The normalized spacial score (nSPS) is 9.75. The molecule has 0 spiro atoms. The average molecular weight is 160 g/mol. The molecule has 0 heterocycles. The van der Waals surface area contributed by atoms with Gasteiger partial charge in [-0.15, -0.1) is 0 Å². The van der Waals surface area contributed by atoms with Gasteiger partial charge in [-0.2, -0.15) is 0 Å². The highest BCUT2D eigenvalue weighted by atomic mass is 16.1. The third-order valence-corrected chi connectivity index (χ3v) is 1.89. The van der Waals surface area contributed by atoms with E-state index in [9.17, 15) is 4.79 Å². The van der Waals surface area contributed by atoms with Crippen molar-refractivity contribution in [2.75, 3.05) is 0 Å². The molecule has 2 heteroatoms.